The number of hydrogen-bond donors (Lipinski definition) is 3. The van der Waals surface area contributed by atoms with Crippen LogP contribution in [0.2, 0.25) is 0 Å². The van der Waals surface area contributed by atoms with Crippen LogP contribution in [0.4, 0.5) is 4.39 Å². The number of nitrogens with two attached hydrogens (primary N) is 1. The molecule has 4 N–H and O–H groups in total. The van der Waals surface area contributed by atoms with Crippen LogP contribution in [0.5, 0.6) is 0 Å². The molecular formula is C10H11BrFN3O2. The SMILES string of the molecule is NC(CCNC(=O)c1cc(F)cc(Br)c1)=NO. The average Bonchev–Trinajstić information content (AvgIpc) is 2.27. The number of rotatable bonds is 4. The molecule has 1 amide bonds. The minimum absolute atomic E-state index is 0.0192. The van der Waals surface area contributed by atoms with Gasteiger partial charge in [0.1, 0.15) is 11.7 Å². The Balaban J connectivity index is 2.58. The Morgan fingerprint density at radius 1 is 1.53 bits per heavy atom. The molecule has 17 heavy (non-hydrogen) atoms. The molecule has 0 aromatic heterocycles. The van der Waals surface area contributed by atoms with Crippen LogP contribution in [0.25, 0.3) is 0 Å². The molecule has 0 spiro atoms. The van der Waals surface area contributed by atoms with Crippen LogP contribution in [0.1, 0.15) is 16.8 Å². The van der Waals surface area contributed by atoms with E-state index in [1.807, 2.05) is 0 Å². The van der Waals surface area contributed by atoms with Crippen LogP contribution in [-0.4, -0.2) is 23.5 Å². The minimum atomic E-state index is -0.499. The largest absolute Gasteiger partial charge is 0.409 e. The van der Waals surface area contributed by atoms with E-state index in [-0.39, 0.29) is 24.4 Å². The van der Waals surface area contributed by atoms with Crippen molar-refractivity contribution in [2.45, 2.75) is 6.42 Å². The lowest BCUT2D eigenvalue weighted by atomic mass is 10.2. The Bertz CT molecular complexity index is 431. The summed E-state index contributed by atoms with van der Waals surface area (Å²) in [5.74, 6) is -0.900. The zero-order chi connectivity index (χ0) is 12.8. The van der Waals surface area contributed by atoms with Gasteiger partial charge in [-0.1, -0.05) is 21.1 Å². The van der Waals surface area contributed by atoms with Gasteiger partial charge in [0, 0.05) is 23.0 Å². The Kier molecular flexibility index (Phi) is 4.89. The van der Waals surface area contributed by atoms with Crippen molar-refractivity contribution in [3.63, 3.8) is 0 Å². The third-order valence-corrected chi connectivity index (χ3v) is 2.38. The van der Waals surface area contributed by atoms with E-state index in [1.165, 1.54) is 12.1 Å². The van der Waals surface area contributed by atoms with Crippen molar-refractivity contribution in [3.8, 4) is 0 Å². The first kappa shape index (κ1) is 13.4. The number of hydrogen-bond acceptors (Lipinski definition) is 3. The first-order valence-electron chi connectivity index (χ1n) is 4.73. The minimum Gasteiger partial charge on any atom is -0.409 e. The van der Waals surface area contributed by atoms with E-state index in [1.54, 1.807) is 0 Å². The van der Waals surface area contributed by atoms with E-state index >= 15 is 0 Å². The van der Waals surface area contributed by atoms with E-state index < -0.39 is 11.7 Å². The molecule has 0 unspecified atom stereocenters. The van der Waals surface area contributed by atoms with Crippen molar-refractivity contribution in [1.29, 1.82) is 0 Å². The molecule has 0 atom stereocenters. The van der Waals surface area contributed by atoms with Gasteiger partial charge in [-0.15, -0.1) is 0 Å². The summed E-state index contributed by atoms with van der Waals surface area (Å²) in [6, 6.07) is 3.89. The summed E-state index contributed by atoms with van der Waals surface area (Å²) in [6.07, 6.45) is 0.221. The van der Waals surface area contributed by atoms with Crippen LogP contribution in [0.3, 0.4) is 0 Å². The average molecular weight is 304 g/mol. The second-order valence-corrected chi connectivity index (χ2v) is 4.17. The van der Waals surface area contributed by atoms with Gasteiger partial charge in [-0.2, -0.15) is 0 Å². The van der Waals surface area contributed by atoms with Gasteiger partial charge in [0.05, 0.1) is 0 Å². The number of amides is 1. The third kappa shape index (κ3) is 4.39. The molecule has 1 aromatic rings. The molecule has 0 fully saturated rings. The number of nitrogens with one attached hydrogen (secondary N) is 1. The normalized spacial score (nSPS) is 11.3. The standard InChI is InChI=1S/C10H11BrFN3O2/c11-7-3-6(4-8(12)5-7)10(16)14-2-1-9(13)15-17/h3-5,17H,1-2H2,(H2,13,15)(H,14,16). The zero-order valence-electron chi connectivity index (χ0n) is 8.78. The van der Waals surface area contributed by atoms with Crippen molar-refractivity contribution < 1.29 is 14.4 Å². The molecule has 5 nitrogen and oxygen atoms in total. The highest BCUT2D eigenvalue weighted by molar-refractivity contribution is 9.10. The number of oxime groups is 1. The summed E-state index contributed by atoms with van der Waals surface area (Å²) < 4.78 is 13.5. The van der Waals surface area contributed by atoms with Crippen LogP contribution >= 0.6 is 15.9 Å². The first-order chi connectivity index (χ1) is 8.02. The first-order valence-corrected chi connectivity index (χ1v) is 5.53. The van der Waals surface area contributed by atoms with E-state index in [2.05, 4.69) is 26.4 Å². The Morgan fingerprint density at radius 3 is 2.82 bits per heavy atom. The molecule has 1 aromatic carbocycles. The summed E-state index contributed by atoms with van der Waals surface area (Å²) in [7, 11) is 0. The van der Waals surface area contributed by atoms with Crippen molar-refractivity contribution >= 4 is 27.7 Å². The number of carbonyl (C=O) groups excluding carboxylic acids is 1. The molecule has 0 saturated carbocycles. The molecule has 0 bridgehead atoms. The Morgan fingerprint density at radius 2 is 2.24 bits per heavy atom. The predicted molar refractivity (Wildman–Crippen MR) is 64.5 cm³/mol. The lowest BCUT2D eigenvalue weighted by Gasteiger charge is -2.05. The van der Waals surface area contributed by atoms with Crippen molar-refractivity contribution in [3.05, 3.63) is 34.1 Å². The van der Waals surface area contributed by atoms with Crippen LogP contribution in [0.15, 0.2) is 27.8 Å². The van der Waals surface area contributed by atoms with Gasteiger partial charge in [-0.05, 0) is 18.2 Å². The maximum Gasteiger partial charge on any atom is 0.251 e. The number of nitrogens with zero attached hydrogens (tertiary/aromatic N) is 1. The van der Waals surface area contributed by atoms with E-state index in [9.17, 15) is 9.18 Å². The van der Waals surface area contributed by atoms with Crippen molar-refractivity contribution in [2.75, 3.05) is 6.54 Å². The van der Waals surface area contributed by atoms with Gasteiger partial charge < -0.3 is 16.3 Å². The van der Waals surface area contributed by atoms with Gasteiger partial charge in [0.2, 0.25) is 0 Å². The van der Waals surface area contributed by atoms with Crippen molar-refractivity contribution in [2.24, 2.45) is 10.9 Å². The van der Waals surface area contributed by atoms with Gasteiger partial charge >= 0.3 is 0 Å². The summed E-state index contributed by atoms with van der Waals surface area (Å²) in [5.41, 5.74) is 5.43. The van der Waals surface area contributed by atoms with E-state index in [4.69, 9.17) is 10.9 Å². The molecular weight excluding hydrogens is 293 g/mol. The molecule has 1 rings (SSSR count). The van der Waals surface area contributed by atoms with Crippen LogP contribution < -0.4 is 11.1 Å². The Labute approximate surface area is 106 Å². The number of carbonyl (C=O) groups is 1. The lowest BCUT2D eigenvalue weighted by Crippen LogP contribution is -2.28. The van der Waals surface area contributed by atoms with Crippen molar-refractivity contribution in [1.82, 2.24) is 5.32 Å². The topological polar surface area (TPSA) is 87.7 Å². The molecule has 0 aliphatic heterocycles. The molecule has 0 aliphatic carbocycles. The van der Waals surface area contributed by atoms with E-state index in [0.717, 1.165) is 6.07 Å². The number of halogens is 2. The lowest BCUT2D eigenvalue weighted by molar-refractivity contribution is 0.0954. The molecule has 0 radical (unpaired) electrons. The summed E-state index contributed by atoms with van der Waals surface area (Å²) in [4.78, 5) is 11.6. The maximum absolute atomic E-state index is 13.0. The second kappa shape index (κ2) is 6.19. The number of benzene rings is 1. The summed E-state index contributed by atoms with van der Waals surface area (Å²) in [5, 5.41) is 13.6. The highest BCUT2D eigenvalue weighted by atomic mass is 79.9. The Hall–Kier alpha value is -1.63. The smallest absolute Gasteiger partial charge is 0.251 e. The molecule has 0 heterocycles. The molecule has 0 aliphatic rings. The fourth-order valence-electron chi connectivity index (χ4n) is 1.14. The van der Waals surface area contributed by atoms with Gasteiger partial charge in [0.25, 0.3) is 5.91 Å². The fraction of sp³-hybridized carbons (Fsp3) is 0.200. The van der Waals surface area contributed by atoms with E-state index in [0.29, 0.717) is 4.47 Å². The fourth-order valence-corrected chi connectivity index (χ4v) is 1.61. The molecule has 0 saturated heterocycles. The predicted octanol–water partition coefficient (Wildman–Crippen LogP) is 1.45. The third-order valence-electron chi connectivity index (χ3n) is 1.92. The molecule has 7 heteroatoms. The quantitative estimate of drug-likeness (QED) is 0.340. The summed E-state index contributed by atoms with van der Waals surface area (Å²) in [6.45, 7) is 0.211. The molecule has 92 valence electrons. The summed E-state index contributed by atoms with van der Waals surface area (Å²) >= 11 is 3.09. The van der Waals surface area contributed by atoms with Gasteiger partial charge in [-0.25, -0.2) is 4.39 Å². The van der Waals surface area contributed by atoms with Crippen LogP contribution in [-0.2, 0) is 0 Å². The highest BCUT2D eigenvalue weighted by Crippen LogP contribution is 2.14. The second-order valence-electron chi connectivity index (χ2n) is 3.26. The monoisotopic (exact) mass is 303 g/mol. The van der Waals surface area contributed by atoms with Gasteiger partial charge in [-0.3, -0.25) is 4.79 Å². The van der Waals surface area contributed by atoms with Crippen LogP contribution in [0, 0.1) is 5.82 Å². The van der Waals surface area contributed by atoms with Gasteiger partial charge in [0.15, 0.2) is 0 Å². The highest BCUT2D eigenvalue weighted by Gasteiger charge is 2.07. The maximum atomic E-state index is 13.0. The number of amidine groups is 1. The zero-order valence-corrected chi connectivity index (χ0v) is 10.4.